The molecule has 180 valence electrons. The molecule has 2 bridgehead atoms. The summed E-state index contributed by atoms with van der Waals surface area (Å²) in [6, 6.07) is 9.57. The second-order valence-corrected chi connectivity index (χ2v) is 22.1. The van der Waals surface area contributed by atoms with Crippen LogP contribution in [-0.4, -0.2) is 57.9 Å². The van der Waals surface area contributed by atoms with Crippen LogP contribution in [0.15, 0.2) is 30.3 Å². The zero-order valence-electron chi connectivity index (χ0n) is 21.4. The average molecular weight is 478 g/mol. The van der Waals surface area contributed by atoms with Crippen LogP contribution in [0.3, 0.4) is 0 Å². The predicted octanol–water partition coefficient (Wildman–Crippen LogP) is 6.04. The molecule has 0 aliphatic carbocycles. The van der Waals surface area contributed by atoms with Gasteiger partial charge in [0.2, 0.25) is 0 Å². The largest absolute Gasteiger partial charge is 0.462 e. The molecule has 32 heavy (non-hydrogen) atoms. The number of benzene rings is 1. The molecule has 2 aliphatic rings. The second-order valence-electron chi connectivity index (χ2n) is 12.0. The van der Waals surface area contributed by atoms with Gasteiger partial charge >= 0.3 is 5.97 Å². The van der Waals surface area contributed by atoms with Gasteiger partial charge in [-0.25, -0.2) is 4.79 Å². The minimum absolute atomic E-state index is 0.173. The fourth-order valence-electron chi connectivity index (χ4n) is 4.67. The molecule has 2 heterocycles. The van der Waals surface area contributed by atoms with Crippen LogP contribution in [0.5, 0.6) is 0 Å². The lowest BCUT2D eigenvalue weighted by Crippen LogP contribution is -2.65. The molecule has 0 radical (unpaired) electrons. The van der Waals surface area contributed by atoms with Crippen molar-refractivity contribution in [2.75, 3.05) is 13.2 Å². The van der Waals surface area contributed by atoms with Crippen molar-refractivity contribution < 1.29 is 18.8 Å². The summed E-state index contributed by atoms with van der Waals surface area (Å²) in [4.78, 5) is 19.0. The molecule has 7 heteroatoms. The highest BCUT2D eigenvalue weighted by Gasteiger charge is 2.62. The van der Waals surface area contributed by atoms with Gasteiger partial charge in [0, 0.05) is 12.6 Å². The summed E-state index contributed by atoms with van der Waals surface area (Å²) >= 11 is 0. The van der Waals surface area contributed by atoms with E-state index in [0.29, 0.717) is 18.2 Å². The van der Waals surface area contributed by atoms with Gasteiger partial charge in [0.05, 0.1) is 26.3 Å². The average Bonchev–Trinajstić information content (AvgIpc) is 3.01. The number of nitrogens with zero attached hydrogens (tertiary/aromatic N) is 1. The highest BCUT2D eigenvalue weighted by Crippen LogP contribution is 2.49. The van der Waals surface area contributed by atoms with Crippen molar-refractivity contribution in [2.45, 2.75) is 102 Å². The van der Waals surface area contributed by atoms with Crippen LogP contribution in [0.4, 0.5) is 0 Å². The van der Waals surface area contributed by atoms with Crippen molar-refractivity contribution in [2.24, 2.45) is 0 Å². The first-order valence-corrected chi connectivity index (χ1v) is 18.5. The zero-order valence-corrected chi connectivity index (χ0v) is 23.4. The highest BCUT2D eigenvalue weighted by atomic mass is 28.4. The normalized spacial score (nSPS) is 28.6. The smallest absolute Gasteiger partial charge is 0.338 e. The summed E-state index contributed by atoms with van der Waals surface area (Å²) < 4.78 is 12.5. The Labute approximate surface area is 196 Å². The summed E-state index contributed by atoms with van der Waals surface area (Å²) in [6.07, 6.45) is 4.05. The van der Waals surface area contributed by atoms with Crippen molar-refractivity contribution in [3.8, 4) is 0 Å². The fraction of sp³-hybridized carbons (Fsp3) is 0.720. The molecule has 0 amide bonds. The fourth-order valence-corrected chi connectivity index (χ4v) is 8.57. The quantitative estimate of drug-likeness (QED) is 0.259. The topological polar surface area (TPSA) is 48.0 Å². The first-order valence-electron chi connectivity index (χ1n) is 12.1. The SMILES string of the molecule is CC(C)(C)[Si](C)(C)O[C@@H]1CCN2O[C@]1([Si](C)(C)C)C[C@H]2CCCOC(=O)c1ccccc1. The van der Waals surface area contributed by atoms with Crippen molar-refractivity contribution >= 4 is 22.4 Å². The molecule has 2 saturated heterocycles. The summed E-state index contributed by atoms with van der Waals surface area (Å²) in [7, 11) is -3.58. The lowest BCUT2D eigenvalue weighted by Gasteiger charge is -2.51. The van der Waals surface area contributed by atoms with Gasteiger partial charge in [0.1, 0.15) is 5.22 Å². The third-order valence-electron chi connectivity index (χ3n) is 7.80. The van der Waals surface area contributed by atoms with Gasteiger partial charge in [-0.05, 0) is 55.9 Å². The van der Waals surface area contributed by atoms with Crippen LogP contribution >= 0.6 is 0 Å². The minimum Gasteiger partial charge on any atom is -0.462 e. The van der Waals surface area contributed by atoms with Gasteiger partial charge in [0.15, 0.2) is 8.32 Å². The molecule has 3 rings (SSSR count). The maximum Gasteiger partial charge on any atom is 0.338 e. The van der Waals surface area contributed by atoms with Crippen LogP contribution in [0.2, 0.25) is 37.8 Å². The van der Waals surface area contributed by atoms with E-state index in [4.69, 9.17) is 14.0 Å². The van der Waals surface area contributed by atoms with Gasteiger partial charge in [-0.2, -0.15) is 5.06 Å². The van der Waals surface area contributed by atoms with Crippen molar-refractivity contribution in [1.82, 2.24) is 5.06 Å². The molecule has 1 aromatic rings. The lowest BCUT2D eigenvalue weighted by molar-refractivity contribution is -0.235. The third-order valence-corrected chi connectivity index (χ3v) is 15.4. The monoisotopic (exact) mass is 477 g/mol. The number of ether oxygens (including phenoxy) is 1. The number of hydroxylamine groups is 2. The number of rotatable bonds is 8. The van der Waals surface area contributed by atoms with E-state index in [1.807, 2.05) is 18.2 Å². The highest BCUT2D eigenvalue weighted by molar-refractivity contribution is 6.79. The van der Waals surface area contributed by atoms with E-state index in [2.05, 4.69) is 58.6 Å². The summed E-state index contributed by atoms with van der Waals surface area (Å²) in [6.45, 7) is 20.3. The van der Waals surface area contributed by atoms with E-state index >= 15 is 0 Å². The Kier molecular flexibility index (Phi) is 7.47. The molecule has 2 fully saturated rings. The molecule has 1 aromatic carbocycles. The van der Waals surface area contributed by atoms with Crippen molar-refractivity contribution in [3.05, 3.63) is 35.9 Å². The Morgan fingerprint density at radius 3 is 2.41 bits per heavy atom. The van der Waals surface area contributed by atoms with Crippen LogP contribution in [0, 0.1) is 0 Å². The van der Waals surface area contributed by atoms with Crippen molar-refractivity contribution in [1.29, 1.82) is 0 Å². The van der Waals surface area contributed by atoms with E-state index in [-0.39, 0.29) is 22.3 Å². The Balaban J connectivity index is 1.62. The molecule has 0 saturated carbocycles. The van der Waals surface area contributed by atoms with E-state index in [1.54, 1.807) is 12.1 Å². The van der Waals surface area contributed by atoms with Gasteiger partial charge in [-0.3, -0.25) is 4.84 Å². The van der Waals surface area contributed by atoms with Crippen LogP contribution in [0.25, 0.3) is 0 Å². The van der Waals surface area contributed by atoms with Crippen LogP contribution < -0.4 is 0 Å². The molecule has 2 aliphatic heterocycles. The Morgan fingerprint density at radius 2 is 1.81 bits per heavy atom. The third kappa shape index (κ3) is 5.22. The maximum atomic E-state index is 12.2. The van der Waals surface area contributed by atoms with Gasteiger partial charge in [0.25, 0.3) is 0 Å². The molecule has 1 unspecified atom stereocenters. The lowest BCUT2D eigenvalue weighted by atomic mass is 10.0. The maximum absolute atomic E-state index is 12.2. The number of carbonyl (C=O) groups excluding carboxylic acids is 1. The summed E-state index contributed by atoms with van der Waals surface area (Å²) in [5.74, 6) is -0.242. The summed E-state index contributed by atoms with van der Waals surface area (Å²) in [5.41, 5.74) is 0.611. The van der Waals surface area contributed by atoms with E-state index in [1.165, 1.54) is 0 Å². The number of carbonyl (C=O) groups is 1. The Hall–Kier alpha value is -0.996. The first kappa shape index (κ1) is 25.6. The van der Waals surface area contributed by atoms with E-state index in [9.17, 15) is 4.79 Å². The van der Waals surface area contributed by atoms with Gasteiger partial charge in [-0.15, -0.1) is 0 Å². The number of hydrogen-bond acceptors (Lipinski definition) is 5. The van der Waals surface area contributed by atoms with E-state index < -0.39 is 16.4 Å². The van der Waals surface area contributed by atoms with Crippen molar-refractivity contribution in [3.63, 3.8) is 0 Å². The number of hydrogen-bond donors (Lipinski definition) is 0. The molecule has 0 spiro atoms. The number of fused-ring (bicyclic) bond motifs is 2. The zero-order chi connectivity index (χ0) is 23.8. The minimum atomic E-state index is -1.89. The van der Waals surface area contributed by atoms with Crippen LogP contribution in [-0.2, 0) is 14.0 Å². The predicted molar refractivity (Wildman–Crippen MR) is 135 cm³/mol. The van der Waals surface area contributed by atoms with Gasteiger partial charge < -0.3 is 9.16 Å². The number of esters is 1. The Morgan fingerprint density at radius 1 is 1.16 bits per heavy atom. The standard InChI is InChI=1S/C25H43NO4Si2/c1-24(2,3)32(7,8)29-22-16-17-26-21(19-25(22,30-26)31(4,5)6)15-12-18-28-23(27)20-13-10-9-11-14-20/h9-11,13-14,21-22H,12,15-19H2,1-8H3/t21-,22-,25+/m1/s1. The summed E-state index contributed by atoms with van der Waals surface area (Å²) in [5, 5.41) is 2.24. The molecule has 0 aromatic heterocycles. The molecule has 5 nitrogen and oxygen atoms in total. The first-order chi connectivity index (χ1) is 14.8. The second kappa shape index (κ2) is 9.33. The molecular weight excluding hydrogens is 434 g/mol. The van der Waals surface area contributed by atoms with Crippen LogP contribution in [0.1, 0.15) is 56.8 Å². The Bertz CT molecular complexity index is 787. The molecule has 4 atom stereocenters. The molecule has 0 N–H and O–H groups in total. The van der Waals surface area contributed by atoms with E-state index in [0.717, 1.165) is 32.2 Å². The molecular formula is C25H43NO4Si2. The van der Waals surface area contributed by atoms with Gasteiger partial charge in [-0.1, -0.05) is 58.6 Å².